The van der Waals surface area contributed by atoms with Crippen molar-refractivity contribution in [2.24, 2.45) is 5.92 Å². The molecule has 6 nitrogen and oxygen atoms in total. The molecule has 3 N–H and O–H groups in total. The number of hydrogen-bond donors (Lipinski definition) is 3. The fourth-order valence-corrected chi connectivity index (χ4v) is 3.79. The molecule has 3 aromatic rings. The van der Waals surface area contributed by atoms with Gasteiger partial charge < -0.3 is 10.6 Å². The number of carbonyl (C=O) groups is 1. The second-order valence-electron chi connectivity index (χ2n) is 6.89. The summed E-state index contributed by atoms with van der Waals surface area (Å²) in [4.78, 5) is 11.9. The quantitative estimate of drug-likeness (QED) is 0.575. The largest absolute Gasteiger partial charge is 0.338 e. The minimum absolute atomic E-state index is 0.119. The first-order chi connectivity index (χ1) is 13.3. The standard InChI is InChI=1S/C21H23N3O3S/c1-15(2)14-22-21(25)23-17-10-12-18(13-11-17)28(26,27)24-20-9-5-7-16-6-3-4-8-19(16)20/h3-13,15,24H,14H2,1-2H3,(H2,22,23,25). The van der Waals surface area contributed by atoms with E-state index in [4.69, 9.17) is 0 Å². The second kappa shape index (κ2) is 8.31. The predicted octanol–water partition coefficient (Wildman–Crippen LogP) is 4.42. The number of amides is 2. The molecule has 7 heteroatoms. The first kappa shape index (κ1) is 19.7. The van der Waals surface area contributed by atoms with Gasteiger partial charge in [0.1, 0.15) is 0 Å². The van der Waals surface area contributed by atoms with Crippen molar-refractivity contribution in [1.82, 2.24) is 5.32 Å². The van der Waals surface area contributed by atoms with Crippen molar-refractivity contribution in [1.29, 1.82) is 0 Å². The summed E-state index contributed by atoms with van der Waals surface area (Å²) in [5, 5.41) is 7.21. The SMILES string of the molecule is CC(C)CNC(=O)Nc1ccc(S(=O)(=O)Nc2cccc3ccccc23)cc1. The Kier molecular flexibility index (Phi) is 5.84. The fraction of sp³-hybridized carbons (Fsp3) is 0.190. The minimum Gasteiger partial charge on any atom is -0.338 e. The Morgan fingerprint density at radius 1 is 0.929 bits per heavy atom. The van der Waals surface area contributed by atoms with Gasteiger partial charge in [0.15, 0.2) is 0 Å². The summed E-state index contributed by atoms with van der Waals surface area (Å²) in [5.74, 6) is 0.346. The van der Waals surface area contributed by atoms with Crippen LogP contribution in [0, 0.1) is 5.92 Å². The van der Waals surface area contributed by atoms with Gasteiger partial charge in [0.05, 0.1) is 10.6 Å². The maximum Gasteiger partial charge on any atom is 0.319 e. The van der Waals surface area contributed by atoms with Crippen LogP contribution in [0.3, 0.4) is 0 Å². The fourth-order valence-electron chi connectivity index (χ4n) is 2.71. The third-order valence-electron chi connectivity index (χ3n) is 4.13. The molecule has 0 saturated carbocycles. The van der Waals surface area contributed by atoms with E-state index in [1.54, 1.807) is 18.2 Å². The summed E-state index contributed by atoms with van der Waals surface area (Å²) < 4.78 is 28.1. The molecule has 0 aliphatic rings. The summed E-state index contributed by atoms with van der Waals surface area (Å²) in [7, 11) is -3.75. The summed E-state index contributed by atoms with van der Waals surface area (Å²) in [6.45, 7) is 4.57. The van der Waals surface area contributed by atoms with Crippen LogP contribution in [0.5, 0.6) is 0 Å². The lowest BCUT2D eigenvalue weighted by atomic mass is 10.1. The summed E-state index contributed by atoms with van der Waals surface area (Å²) in [5.41, 5.74) is 1.04. The highest BCUT2D eigenvalue weighted by atomic mass is 32.2. The van der Waals surface area contributed by atoms with E-state index in [0.717, 1.165) is 10.8 Å². The molecule has 3 aromatic carbocycles. The number of urea groups is 1. The van der Waals surface area contributed by atoms with Crippen LogP contribution in [-0.2, 0) is 10.0 Å². The van der Waals surface area contributed by atoms with Crippen LogP contribution in [0.1, 0.15) is 13.8 Å². The first-order valence-electron chi connectivity index (χ1n) is 9.00. The van der Waals surface area contributed by atoms with E-state index in [2.05, 4.69) is 15.4 Å². The monoisotopic (exact) mass is 397 g/mol. The van der Waals surface area contributed by atoms with E-state index in [0.29, 0.717) is 23.8 Å². The number of benzene rings is 3. The van der Waals surface area contributed by atoms with Crippen LogP contribution < -0.4 is 15.4 Å². The molecule has 3 rings (SSSR count). The molecule has 0 heterocycles. The molecule has 0 radical (unpaired) electrons. The zero-order valence-corrected chi connectivity index (χ0v) is 16.6. The molecule has 146 valence electrons. The number of nitrogens with one attached hydrogen (secondary N) is 3. The molecule has 28 heavy (non-hydrogen) atoms. The number of fused-ring (bicyclic) bond motifs is 1. The molecule has 0 fully saturated rings. The lowest BCUT2D eigenvalue weighted by molar-refractivity contribution is 0.251. The Hall–Kier alpha value is -3.06. The van der Waals surface area contributed by atoms with Gasteiger partial charge in [0.2, 0.25) is 0 Å². The Morgan fingerprint density at radius 3 is 2.32 bits per heavy atom. The number of carbonyl (C=O) groups excluding carboxylic acids is 1. The minimum atomic E-state index is -3.75. The Balaban J connectivity index is 1.74. The molecule has 0 saturated heterocycles. The molecule has 2 amide bonds. The van der Waals surface area contributed by atoms with Crippen LogP contribution in [0.2, 0.25) is 0 Å². The third-order valence-corrected chi connectivity index (χ3v) is 5.51. The topological polar surface area (TPSA) is 87.3 Å². The highest BCUT2D eigenvalue weighted by Crippen LogP contribution is 2.26. The smallest absolute Gasteiger partial charge is 0.319 e. The van der Waals surface area contributed by atoms with Crippen molar-refractivity contribution in [2.75, 3.05) is 16.6 Å². The van der Waals surface area contributed by atoms with Crippen LogP contribution in [0.25, 0.3) is 10.8 Å². The van der Waals surface area contributed by atoms with E-state index in [1.165, 1.54) is 12.1 Å². The second-order valence-corrected chi connectivity index (χ2v) is 8.57. The van der Waals surface area contributed by atoms with E-state index < -0.39 is 10.0 Å². The van der Waals surface area contributed by atoms with E-state index >= 15 is 0 Å². The number of rotatable bonds is 6. The van der Waals surface area contributed by atoms with Crippen molar-refractivity contribution >= 4 is 38.2 Å². The lowest BCUT2D eigenvalue weighted by Crippen LogP contribution is -2.31. The Labute approximate surface area is 165 Å². The average Bonchev–Trinajstić information content (AvgIpc) is 2.67. The van der Waals surface area contributed by atoms with Crippen LogP contribution in [0.15, 0.2) is 71.6 Å². The Morgan fingerprint density at radius 2 is 1.61 bits per heavy atom. The van der Waals surface area contributed by atoms with Gasteiger partial charge in [-0.2, -0.15) is 0 Å². The van der Waals surface area contributed by atoms with E-state index in [1.807, 2.05) is 50.2 Å². The van der Waals surface area contributed by atoms with Gasteiger partial charge in [-0.05, 0) is 41.6 Å². The van der Waals surface area contributed by atoms with Crippen LogP contribution in [0.4, 0.5) is 16.2 Å². The predicted molar refractivity (Wildman–Crippen MR) is 113 cm³/mol. The van der Waals surface area contributed by atoms with Crippen molar-refractivity contribution in [3.8, 4) is 0 Å². The molecule has 0 atom stereocenters. The molecule has 0 aliphatic carbocycles. The molecular formula is C21H23N3O3S. The third kappa shape index (κ3) is 4.80. The average molecular weight is 398 g/mol. The summed E-state index contributed by atoms with van der Waals surface area (Å²) >= 11 is 0. The van der Waals surface area contributed by atoms with Gasteiger partial charge in [-0.15, -0.1) is 0 Å². The molecule has 0 aromatic heterocycles. The maximum atomic E-state index is 12.7. The van der Waals surface area contributed by atoms with Gasteiger partial charge in [0.25, 0.3) is 10.0 Å². The molecule has 0 spiro atoms. The van der Waals surface area contributed by atoms with Crippen molar-refractivity contribution in [2.45, 2.75) is 18.7 Å². The summed E-state index contributed by atoms with van der Waals surface area (Å²) in [6.07, 6.45) is 0. The zero-order chi connectivity index (χ0) is 20.1. The molecule has 0 aliphatic heterocycles. The molecule has 0 bridgehead atoms. The normalized spacial score (nSPS) is 11.4. The van der Waals surface area contributed by atoms with Crippen LogP contribution in [-0.4, -0.2) is 21.0 Å². The number of sulfonamides is 1. The van der Waals surface area contributed by atoms with Crippen LogP contribution >= 0.6 is 0 Å². The van der Waals surface area contributed by atoms with E-state index in [9.17, 15) is 13.2 Å². The van der Waals surface area contributed by atoms with Crippen molar-refractivity contribution in [3.63, 3.8) is 0 Å². The molecule has 0 unspecified atom stereocenters. The lowest BCUT2D eigenvalue weighted by Gasteiger charge is -2.12. The summed E-state index contributed by atoms with van der Waals surface area (Å²) in [6, 6.07) is 18.8. The maximum absolute atomic E-state index is 12.7. The van der Waals surface area contributed by atoms with E-state index in [-0.39, 0.29) is 10.9 Å². The van der Waals surface area contributed by atoms with Crippen molar-refractivity contribution < 1.29 is 13.2 Å². The highest BCUT2D eigenvalue weighted by molar-refractivity contribution is 7.92. The van der Waals surface area contributed by atoms with Gasteiger partial charge in [0, 0.05) is 17.6 Å². The molecular weight excluding hydrogens is 374 g/mol. The van der Waals surface area contributed by atoms with Gasteiger partial charge in [-0.25, -0.2) is 13.2 Å². The zero-order valence-electron chi connectivity index (χ0n) is 15.8. The highest BCUT2D eigenvalue weighted by Gasteiger charge is 2.15. The first-order valence-corrected chi connectivity index (χ1v) is 10.5. The van der Waals surface area contributed by atoms with Gasteiger partial charge in [-0.3, -0.25) is 4.72 Å². The number of anilines is 2. The van der Waals surface area contributed by atoms with Gasteiger partial charge in [-0.1, -0.05) is 50.2 Å². The van der Waals surface area contributed by atoms with Gasteiger partial charge >= 0.3 is 6.03 Å². The van der Waals surface area contributed by atoms with Crippen molar-refractivity contribution in [3.05, 3.63) is 66.7 Å². The Bertz CT molecular complexity index is 1070. The number of hydrogen-bond acceptors (Lipinski definition) is 3.